The van der Waals surface area contributed by atoms with Gasteiger partial charge in [0.1, 0.15) is 0 Å². The first-order valence-electron chi connectivity index (χ1n) is 9.40. The van der Waals surface area contributed by atoms with E-state index in [1.807, 2.05) is 13.8 Å². The summed E-state index contributed by atoms with van der Waals surface area (Å²) < 4.78 is 0. The van der Waals surface area contributed by atoms with Crippen LogP contribution >= 0.6 is 0 Å². The molecular formula is C21H32N2O. The number of hydrogen-bond acceptors (Lipinski definition) is 2. The fourth-order valence-corrected chi connectivity index (χ4v) is 4.83. The number of hydrogen-bond donors (Lipinski definition) is 0. The molecule has 1 saturated carbocycles. The average molecular weight is 329 g/mol. The molecule has 1 heterocycles. The van der Waals surface area contributed by atoms with Crippen LogP contribution in [0.1, 0.15) is 51.5 Å². The van der Waals surface area contributed by atoms with Crippen molar-refractivity contribution in [2.45, 2.75) is 51.5 Å². The van der Waals surface area contributed by atoms with Crippen LogP contribution in [0.4, 0.5) is 0 Å². The van der Waals surface area contributed by atoms with Crippen LogP contribution in [0.3, 0.4) is 0 Å². The molecule has 2 fully saturated rings. The van der Waals surface area contributed by atoms with E-state index in [1.165, 1.54) is 37.7 Å². The Balaban J connectivity index is 1.74. The fourth-order valence-electron chi connectivity index (χ4n) is 4.83. The Kier molecular flexibility index (Phi) is 4.74. The Bertz CT molecular complexity index is 571. The van der Waals surface area contributed by atoms with Crippen LogP contribution in [-0.4, -0.2) is 42.9 Å². The van der Waals surface area contributed by atoms with Gasteiger partial charge < -0.3 is 4.90 Å². The van der Waals surface area contributed by atoms with Crippen molar-refractivity contribution < 1.29 is 4.79 Å². The number of amides is 1. The van der Waals surface area contributed by atoms with E-state index < -0.39 is 0 Å². The molecule has 0 unspecified atom stereocenters. The van der Waals surface area contributed by atoms with Crippen molar-refractivity contribution in [3.05, 3.63) is 35.9 Å². The second-order valence-electron chi connectivity index (χ2n) is 8.46. The summed E-state index contributed by atoms with van der Waals surface area (Å²) in [4.78, 5) is 16.9. The van der Waals surface area contributed by atoms with Crippen LogP contribution in [0, 0.1) is 11.3 Å². The standard InChI is InChI=1S/C21H32N2O/c1-17(2)19(24)23-15-14-20(16-23)10-12-21(13-11-20,22(3)4)18-8-6-5-7-9-18/h5-9,17H,10-16H2,1-4H3. The lowest BCUT2D eigenvalue weighted by Gasteiger charge is -2.49. The maximum absolute atomic E-state index is 12.3. The van der Waals surface area contributed by atoms with Gasteiger partial charge in [-0.2, -0.15) is 0 Å². The predicted molar refractivity (Wildman–Crippen MR) is 98.7 cm³/mol. The molecule has 1 aromatic rings. The summed E-state index contributed by atoms with van der Waals surface area (Å²) in [7, 11) is 4.43. The lowest BCUT2D eigenvalue weighted by molar-refractivity contribution is -0.134. The second-order valence-corrected chi connectivity index (χ2v) is 8.46. The van der Waals surface area contributed by atoms with Crippen LogP contribution in [0.25, 0.3) is 0 Å². The van der Waals surface area contributed by atoms with E-state index in [-0.39, 0.29) is 11.5 Å². The minimum absolute atomic E-state index is 0.119. The Morgan fingerprint density at radius 2 is 1.67 bits per heavy atom. The van der Waals surface area contributed by atoms with Gasteiger partial charge in [-0.1, -0.05) is 44.2 Å². The molecule has 1 aliphatic carbocycles. The van der Waals surface area contributed by atoms with E-state index in [2.05, 4.69) is 54.2 Å². The van der Waals surface area contributed by atoms with Crippen LogP contribution in [-0.2, 0) is 10.3 Å². The second kappa shape index (κ2) is 6.51. The maximum atomic E-state index is 12.3. The number of carbonyl (C=O) groups is 1. The molecule has 2 aliphatic rings. The quantitative estimate of drug-likeness (QED) is 0.840. The Morgan fingerprint density at radius 3 is 2.21 bits per heavy atom. The van der Waals surface area contributed by atoms with Gasteiger partial charge in [0.05, 0.1) is 0 Å². The van der Waals surface area contributed by atoms with E-state index in [1.54, 1.807) is 0 Å². The highest BCUT2D eigenvalue weighted by molar-refractivity contribution is 5.78. The van der Waals surface area contributed by atoms with Crippen molar-refractivity contribution in [2.75, 3.05) is 27.2 Å². The number of benzene rings is 1. The highest BCUT2D eigenvalue weighted by Crippen LogP contribution is 2.51. The molecule has 24 heavy (non-hydrogen) atoms. The third-order valence-electron chi connectivity index (χ3n) is 6.55. The summed E-state index contributed by atoms with van der Waals surface area (Å²) in [6.45, 7) is 5.96. The van der Waals surface area contributed by atoms with Gasteiger partial charge in [0.15, 0.2) is 0 Å². The smallest absolute Gasteiger partial charge is 0.225 e. The normalized spacial score (nSPS) is 30.5. The SMILES string of the molecule is CC(C)C(=O)N1CCC2(CCC(c3ccccc3)(N(C)C)CC2)C1. The molecular weight excluding hydrogens is 296 g/mol. The molecule has 0 atom stereocenters. The van der Waals surface area contributed by atoms with Crippen LogP contribution < -0.4 is 0 Å². The lowest BCUT2D eigenvalue weighted by Crippen LogP contribution is -2.47. The van der Waals surface area contributed by atoms with Gasteiger partial charge in [0, 0.05) is 24.5 Å². The third kappa shape index (κ3) is 2.99. The van der Waals surface area contributed by atoms with Gasteiger partial charge in [-0.25, -0.2) is 0 Å². The molecule has 1 spiro atoms. The Labute approximate surface area is 147 Å². The Hall–Kier alpha value is -1.35. The minimum Gasteiger partial charge on any atom is -0.342 e. The van der Waals surface area contributed by atoms with Crippen molar-refractivity contribution in [3.63, 3.8) is 0 Å². The summed E-state index contributed by atoms with van der Waals surface area (Å²) in [5.74, 6) is 0.452. The highest BCUT2D eigenvalue weighted by atomic mass is 16.2. The van der Waals surface area contributed by atoms with Gasteiger partial charge >= 0.3 is 0 Å². The summed E-state index contributed by atoms with van der Waals surface area (Å²) in [6.07, 6.45) is 6.01. The molecule has 0 radical (unpaired) electrons. The molecule has 3 nitrogen and oxygen atoms in total. The number of likely N-dealkylation sites (tertiary alicyclic amines) is 1. The molecule has 132 valence electrons. The van der Waals surface area contributed by atoms with E-state index in [0.29, 0.717) is 11.3 Å². The van der Waals surface area contributed by atoms with Gasteiger partial charge in [0.2, 0.25) is 5.91 Å². The Morgan fingerprint density at radius 1 is 1.04 bits per heavy atom. The largest absolute Gasteiger partial charge is 0.342 e. The fraction of sp³-hybridized carbons (Fsp3) is 0.667. The van der Waals surface area contributed by atoms with E-state index >= 15 is 0 Å². The van der Waals surface area contributed by atoms with Crippen molar-refractivity contribution in [3.8, 4) is 0 Å². The summed E-state index contributed by atoms with van der Waals surface area (Å²) >= 11 is 0. The molecule has 0 aromatic heterocycles. The number of carbonyl (C=O) groups excluding carboxylic acids is 1. The number of rotatable bonds is 3. The monoisotopic (exact) mass is 328 g/mol. The molecule has 1 aromatic carbocycles. The lowest BCUT2D eigenvalue weighted by atomic mass is 9.64. The summed E-state index contributed by atoms with van der Waals surface area (Å²) in [5, 5.41) is 0. The number of nitrogens with zero attached hydrogens (tertiary/aromatic N) is 2. The molecule has 1 amide bonds. The first kappa shape index (κ1) is 17.5. The summed E-state index contributed by atoms with van der Waals surface area (Å²) in [5.41, 5.74) is 1.96. The van der Waals surface area contributed by atoms with Crippen LogP contribution in [0.2, 0.25) is 0 Å². The minimum atomic E-state index is 0.119. The van der Waals surface area contributed by atoms with Crippen molar-refractivity contribution in [1.29, 1.82) is 0 Å². The van der Waals surface area contributed by atoms with Gasteiger partial charge in [0.25, 0.3) is 0 Å². The summed E-state index contributed by atoms with van der Waals surface area (Å²) in [6, 6.07) is 11.0. The third-order valence-corrected chi connectivity index (χ3v) is 6.55. The first-order valence-corrected chi connectivity index (χ1v) is 9.40. The zero-order chi connectivity index (χ0) is 17.4. The molecule has 3 heteroatoms. The van der Waals surface area contributed by atoms with Crippen molar-refractivity contribution >= 4 is 5.91 Å². The van der Waals surface area contributed by atoms with Gasteiger partial charge in [-0.05, 0) is 57.2 Å². The molecule has 0 bridgehead atoms. The van der Waals surface area contributed by atoms with E-state index in [4.69, 9.17) is 0 Å². The average Bonchev–Trinajstić information content (AvgIpc) is 2.99. The first-order chi connectivity index (χ1) is 11.4. The van der Waals surface area contributed by atoms with Gasteiger partial charge in [-0.3, -0.25) is 9.69 Å². The van der Waals surface area contributed by atoms with Crippen molar-refractivity contribution in [2.24, 2.45) is 11.3 Å². The van der Waals surface area contributed by atoms with Crippen LogP contribution in [0.15, 0.2) is 30.3 Å². The van der Waals surface area contributed by atoms with Gasteiger partial charge in [-0.15, -0.1) is 0 Å². The predicted octanol–water partition coefficient (Wildman–Crippen LogP) is 3.89. The molecule has 1 aliphatic heterocycles. The van der Waals surface area contributed by atoms with E-state index in [0.717, 1.165) is 13.1 Å². The maximum Gasteiger partial charge on any atom is 0.225 e. The van der Waals surface area contributed by atoms with Crippen LogP contribution in [0.5, 0.6) is 0 Å². The van der Waals surface area contributed by atoms with Crippen molar-refractivity contribution in [1.82, 2.24) is 9.80 Å². The highest BCUT2D eigenvalue weighted by Gasteiger charge is 2.48. The molecule has 3 rings (SSSR count). The zero-order valence-electron chi connectivity index (χ0n) is 15.7. The zero-order valence-corrected chi connectivity index (χ0v) is 15.7. The molecule has 1 saturated heterocycles. The molecule has 0 N–H and O–H groups in total. The van der Waals surface area contributed by atoms with E-state index in [9.17, 15) is 4.79 Å². The topological polar surface area (TPSA) is 23.6 Å².